The summed E-state index contributed by atoms with van der Waals surface area (Å²) in [6.07, 6.45) is 6.17. The van der Waals surface area contributed by atoms with E-state index < -0.39 is 5.41 Å². The molecule has 0 saturated heterocycles. The Labute approximate surface area is 126 Å². The summed E-state index contributed by atoms with van der Waals surface area (Å²) in [4.78, 5) is 12.7. The lowest BCUT2D eigenvalue weighted by atomic mass is 9.79. The van der Waals surface area contributed by atoms with Gasteiger partial charge in [-0.1, -0.05) is 56.0 Å². The van der Waals surface area contributed by atoms with Gasteiger partial charge in [-0.3, -0.25) is 4.79 Å². The van der Waals surface area contributed by atoms with Crippen molar-refractivity contribution in [2.24, 2.45) is 11.1 Å². The van der Waals surface area contributed by atoms with E-state index in [1.807, 2.05) is 30.3 Å². The largest absolute Gasteiger partial charge is 0.394 e. The first kappa shape index (κ1) is 16.0. The molecule has 0 bridgehead atoms. The first-order valence-electron chi connectivity index (χ1n) is 7.89. The van der Waals surface area contributed by atoms with E-state index in [0.29, 0.717) is 6.54 Å². The van der Waals surface area contributed by atoms with Crippen LogP contribution in [0.2, 0.25) is 0 Å². The lowest BCUT2D eigenvalue weighted by molar-refractivity contribution is -0.132. The first-order chi connectivity index (χ1) is 10.2. The van der Waals surface area contributed by atoms with E-state index in [2.05, 4.69) is 5.32 Å². The molecule has 1 fully saturated rings. The van der Waals surface area contributed by atoms with Crippen molar-refractivity contribution in [2.75, 3.05) is 13.2 Å². The smallest absolute Gasteiger partial charge is 0.228 e. The van der Waals surface area contributed by atoms with E-state index in [4.69, 9.17) is 5.73 Å². The maximum absolute atomic E-state index is 12.7. The number of carbonyl (C=O) groups excluding carboxylic acids is 1. The lowest BCUT2D eigenvalue weighted by Gasteiger charge is -2.32. The third kappa shape index (κ3) is 3.83. The minimum Gasteiger partial charge on any atom is -0.394 e. The number of rotatable bonds is 5. The standard InChI is InChI=1S/C17H26N2O2/c18-13-17(10-6-1-2-7-11-17)16(21)19-15(12-20)14-8-4-3-5-9-14/h3-5,8-9,15,20H,1-2,6-7,10-13,18H2,(H,19,21)/t15-/m1/s1. The summed E-state index contributed by atoms with van der Waals surface area (Å²) < 4.78 is 0. The van der Waals surface area contributed by atoms with Crippen LogP contribution in [0.25, 0.3) is 0 Å². The fourth-order valence-corrected chi connectivity index (χ4v) is 3.16. The van der Waals surface area contributed by atoms with Crippen LogP contribution in [-0.4, -0.2) is 24.2 Å². The van der Waals surface area contributed by atoms with Gasteiger partial charge < -0.3 is 16.2 Å². The molecular weight excluding hydrogens is 264 g/mol. The van der Waals surface area contributed by atoms with Crippen molar-refractivity contribution in [2.45, 2.75) is 44.6 Å². The summed E-state index contributed by atoms with van der Waals surface area (Å²) in [6.45, 7) is 0.280. The highest BCUT2D eigenvalue weighted by atomic mass is 16.3. The van der Waals surface area contributed by atoms with Crippen molar-refractivity contribution in [1.29, 1.82) is 0 Å². The highest BCUT2D eigenvalue weighted by Gasteiger charge is 2.38. The molecule has 0 spiro atoms. The fraction of sp³-hybridized carbons (Fsp3) is 0.588. The van der Waals surface area contributed by atoms with Gasteiger partial charge in [-0.05, 0) is 18.4 Å². The van der Waals surface area contributed by atoms with Gasteiger partial charge >= 0.3 is 0 Å². The SMILES string of the molecule is NCC1(C(=O)N[C@H](CO)c2ccccc2)CCCCCC1. The Kier molecular flexibility index (Phi) is 5.76. The van der Waals surface area contributed by atoms with Crippen LogP contribution in [-0.2, 0) is 4.79 Å². The molecule has 4 N–H and O–H groups in total. The number of hydrogen-bond donors (Lipinski definition) is 3. The van der Waals surface area contributed by atoms with Gasteiger partial charge in [0.05, 0.1) is 18.1 Å². The molecule has 1 atom stereocenters. The minimum absolute atomic E-state index is 0.00481. The summed E-state index contributed by atoms with van der Waals surface area (Å²) in [5.74, 6) is -0.00481. The van der Waals surface area contributed by atoms with Gasteiger partial charge in [-0.25, -0.2) is 0 Å². The van der Waals surface area contributed by atoms with Crippen molar-refractivity contribution in [3.05, 3.63) is 35.9 Å². The zero-order chi connectivity index (χ0) is 15.1. The van der Waals surface area contributed by atoms with Gasteiger partial charge in [-0.2, -0.15) is 0 Å². The van der Waals surface area contributed by atoms with Crippen LogP contribution in [0.3, 0.4) is 0 Å². The molecule has 2 rings (SSSR count). The molecule has 0 aliphatic heterocycles. The molecule has 1 aromatic carbocycles. The molecule has 1 aromatic rings. The van der Waals surface area contributed by atoms with Gasteiger partial charge in [0.1, 0.15) is 0 Å². The number of amides is 1. The van der Waals surface area contributed by atoms with Crippen LogP contribution in [0.1, 0.15) is 50.1 Å². The normalized spacial score (nSPS) is 19.5. The van der Waals surface area contributed by atoms with E-state index in [1.165, 1.54) is 12.8 Å². The number of aliphatic hydroxyl groups is 1. The summed E-state index contributed by atoms with van der Waals surface area (Å²) >= 11 is 0. The Morgan fingerprint density at radius 2 is 1.81 bits per heavy atom. The molecule has 4 nitrogen and oxygen atoms in total. The van der Waals surface area contributed by atoms with Crippen LogP contribution >= 0.6 is 0 Å². The zero-order valence-corrected chi connectivity index (χ0v) is 12.6. The molecule has 1 amide bonds. The predicted octanol–water partition coefficient (Wildman–Crippen LogP) is 2.14. The molecule has 21 heavy (non-hydrogen) atoms. The number of aliphatic hydroxyl groups excluding tert-OH is 1. The van der Waals surface area contributed by atoms with Gasteiger partial charge in [0.2, 0.25) is 5.91 Å². The summed E-state index contributed by atoms with van der Waals surface area (Å²) in [5, 5.41) is 12.6. The maximum atomic E-state index is 12.7. The Morgan fingerprint density at radius 3 is 2.33 bits per heavy atom. The quantitative estimate of drug-likeness (QED) is 0.727. The van der Waals surface area contributed by atoms with Crippen molar-refractivity contribution in [1.82, 2.24) is 5.32 Å². The van der Waals surface area contributed by atoms with E-state index in [9.17, 15) is 9.90 Å². The summed E-state index contributed by atoms with van der Waals surface area (Å²) in [7, 11) is 0. The lowest BCUT2D eigenvalue weighted by Crippen LogP contribution is -2.47. The topological polar surface area (TPSA) is 75.4 Å². The van der Waals surface area contributed by atoms with Crippen molar-refractivity contribution < 1.29 is 9.90 Å². The molecular formula is C17H26N2O2. The van der Waals surface area contributed by atoms with Gasteiger partial charge in [-0.15, -0.1) is 0 Å². The molecule has 0 aromatic heterocycles. The van der Waals surface area contributed by atoms with Crippen LogP contribution in [0.5, 0.6) is 0 Å². The maximum Gasteiger partial charge on any atom is 0.228 e. The molecule has 0 heterocycles. The second-order valence-corrected chi connectivity index (χ2v) is 6.02. The molecule has 1 aliphatic carbocycles. The Hall–Kier alpha value is -1.39. The van der Waals surface area contributed by atoms with Crippen LogP contribution < -0.4 is 11.1 Å². The molecule has 0 radical (unpaired) electrons. The number of nitrogens with two attached hydrogens (primary N) is 1. The van der Waals surface area contributed by atoms with Gasteiger partial charge in [0, 0.05) is 6.54 Å². The number of nitrogens with one attached hydrogen (secondary N) is 1. The van der Waals surface area contributed by atoms with Crippen molar-refractivity contribution >= 4 is 5.91 Å². The summed E-state index contributed by atoms with van der Waals surface area (Å²) in [5.41, 5.74) is 6.41. The number of carbonyl (C=O) groups is 1. The third-order valence-electron chi connectivity index (χ3n) is 4.62. The van der Waals surface area contributed by atoms with Crippen LogP contribution in [0.15, 0.2) is 30.3 Å². The molecule has 1 saturated carbocycles. The Balaban J connectivity index is 2.10. The number of benzene rings is 1. The van der Waals surface area contributed by atoms with E-state index in [-0.39, 0.29) is 18.6 Å². The van der Waals surface area contributed by atoms with Gasteiger partial charge in [0.15, 0.2) is 0 Å². The summed E-state index contributed by atoms with van der Waals surface area (Å²) in [6, 6.07) is 9.23. The van der Waals surface area contributed by atoms with Crippen LogP contribution in [0, 0.1) is 5.41 Å². The second-order valence-electron chi connectivity index (χ2n) is 6.02. The van der Waals surface area contributed by atoms with Crippen molar-refractivity contribution in [3.63, 3.8) is 0 Å². The second kappa shape index (κ2) is 7.57. The average molecular weight is 290 g/mol. The van der Waals surface area contributed by atoms with E-state index in [0.717, 1.165) is 31.2 Å². The fourth-order valence-electron chi connectivity index (χ4n) is 3.16. The molecule has 4 heteroatoms. The van der Waals surface area contributed by atoms with Gasteiger partial charge in [0.25, 0.3) is 0 Å². The zero-order valence-electron chi connectivity index (χ0n) is 12.6. The highest BCUT2D eigenvalue weighted by molar-refractivity contribution is 5.83. The molecule has 116 valence electrons. The highest BCUT2D eigenvalue weighted by Crippen LogP contribution is 2.35. The predicted molar refractivity (Wildman–Crippen MR) is 83.6 cm³/mol. The monoisotopic (exact) mass is 290 g/mol. The number of hydrogen-bond acceptors (Lipinski definition) is 3. The van der Waals surface area contributed by atoms with E-state index >= 15 is 0 Å². The van der Waals surface area contributed by atoms with E-state index in [1.54, 1.807) is 0 Å². The van der Waals surface area contributed by atoms with Crippen molar-refractivity contribution in [3.8, 4) is 0 Å². The Bertz CT molecular complexity index is 439. The first-order valence-corrected chi connectivity index (χ1v) is 7.89. The minimum atomic E-state index is -0.460. The molecule has 1 aliphatic rings. The third-order valence-corrected chi connectivity index (χ3v) is 4.62. The Morgan fingerprint density at radius 1 is 1.19 bits per heavy atom. The average Bonchev–Trinajstić information content (AvgIpc) is 2.79. The molecule has 0 unspecified atom stereocenters. The van der Waals surface area contributed by atoms with Crippen LogP contribution in [0.4, 0.5) is 0 Å².